The molecule has 1 fully saturated rings. The zero-order valence-corrected chi connectivity index (χ0v) is 16.6. The first kappa shape index (κ1) is 18.5. The van der Waals surface area contributed by atoms with Crippen molar-refractivity contribution in [2.75, 3.05) is 18.4 Å². The fourth-order valence-electron chi connectivity index (χ4n) is 4.53. The van der Waals surface area contributed by atoms with Crippen LogP contribution in [-0.2, 0) is 35.7 Å². The normalized spacial score (nSPS) is 21.7. The summed E-state index contributed by atoms with van der Waals surface area (Å²) in [5, 5.41) is 3.98. The molecule has 6 nitrogen and oxygen atoms in total. The highest BCUT2D eigenvalue weighted by molar-refractivity contribution is 7.92. The number of aryl methyl sites for hydroxylation is 2. The summed E-state index contributed by atoms with van der Waals surface area (Å²) in [6.07, 6.45) is 8.76. The van der Waals surface area contributed by atoms with Crippen LogP contribution in [-0.4, -0.2) is 38.5 Å². The number of nitrogens with one attached hydrogen (secondary N) is 2. The second kappa shape index (κ2) is 7.28. The summed E-state index contributed by atoms with van der Waals surface area (Å²) in [6, 6.07) is 1.76. The number of likely N-dealkylation sites (tertiary alicyclic amines) is 1. The van der Waals surface area contributed by atoms with Crippen molar-refractivity contribution in [1.29, 1.82) is 0 Å². The van der Waals surface area contributed by atoms with Gasteiger partial charge in [-0.15, -0.1) is 0 Å². The van der Waals surface area contributed by atoms with Gasteiger partial charge in [-0.2, -0.15) is 0 Å². The van der Waals surface area contributed by atoms with Crippen molar-refractivity contribution < 1.29 is 13.2 Å². The monoisotopic (exact) mass is 389 g/mol. The highest BCUT2D eigenvalue weighted by Crippen LogP contribution is 2.38. The van der Waals surface area contributed by atoms with E-state index >= 15 is 0 Å². The Balaban J connectivity index is 1.46. The Morgan fingerprint density at radius 1 is 1.19 bits per heavy atom. The molecule has 7 heteroatoms. The molecule has 4 rings (SSSR count). The summed E-state index contributed by atoms with van der Waals surface area (Å²) >= 11 is 0. The van der Waals surface area contributed by atoms with E-state index < -0.39 is 16.1 Å². The van der Waals surface area contributed by atoms with Gasteiger partial charge in [0.2, 0.25) is 0 Å². The van der Waals surface area contributed by atoms with E-state index in [4.69, 9.17) is 0 Å². The molecule has 146 valence electrons. The van der Waals surface area contributed by atoms with Crippen LogP contribution in [0.1, 0.15) is 48.4 Å². The maximum Gasteiger partial charge on any atom is 0.333 e. The lowest BCUT2D eigenvalue weighted by Gasteiger charge is -2.38. The number of sulfonamides is 1. The molecule has 0 aromatic heterocycles. The Morgan fingerprint density at radius 3 is 2.41 bits per heavy atom. The van der Waals surface area contributed by atoms with E-state index in [0.29, 0.717) is 0 Å². The molecule has 1 unspecified atom stereocenters. The van der Waals surface area contributed by atoms with Crippen LogP contribution in [0.2, 0.25) is 0 Å². The minimum absolute atomic E-state index is 0.148. The second-order valence-corrected chi connectivity index (χ2v) is 9.21. The number of amides is 2. The molecule has 0 radical (unpaired) electrons. The number of hydrogen-bond acceptors (Lipinski definition) is 4. The number of rotatable bonds is 5. The minimum atomic E-state index is -3.80. The van der Waals surface area contributed by atoms with Crippen molar-refractivity contribution in [2.45, 2.75) is 57.9 Å². The Morgan fingerprint density at radius 2 is 1.85 bits per heavy atom. The van der Waals surface area contributed by atoms with E-state index in [0.717, 1.165) is 69.1 Å². The summed E-state index contributed by atoms with van der Waals surface area (Å²) in [4.78, 5) is 14.6. The van der Waals surface area contributed by atoms with Gasteiger partial charge in [-0.25, -0.2) is 17.9 Å². The number of urea groups is 1. The van der Waals surface area contributed by atoms with Gasteiger partial charge in [0.05, 0.1) is 0 Å². The SMILES string of the molecule is CCN1CCC1/C=C/S(=O)(=O)NC(=O)Nc1c2c(cc3c1CCC3)CCC2. The van der Waals surface area contributed by atoms with Crippen molar-refractivity contribution in [3.05, 3.63) is 39.8 Å². The first-order valence-electron chi connectivity index (χ1n) is 9.89. The van der Waals surface area contributed by atoms with E-state index in [1.807, 2.05) is 0 Å². The lowest BCUT2D eigenvalue weighted by molar-refractivity contribution is 0.134. The molecule has 2 aliphatic carbocycles. The van der Waals surface area contributed by atoms with Gasteiger partial charge in [0.25, 0.3) is 10.0 Å². The van der Waals surface area contributed by atoms with E-state index in [-0.39, 0.29) is 6.04 Å². The van der Waals surface area contributed by atoms with Gasteiger partial charge >= 0.3 is 6.03 Å². The van der Waals surface area contributed by atoms with Crippen LogP contribution in [0.4, 0.5) is 10.5 Å². The number of fused-ring (bicyclic) bond motifs is 2. The van der Waals surface area contributed by atoms with E-state index in [1.54, 1.807) is 6.08 Å². The van der Waals surface area contributed by atoms with Gasteiger partial charge in [0, 0.05) is 23.7 Å². The topological polar surface area (TPSA) is 78.5 Å². The Bertz CT molecular complexity index is 858. The van der Waals surface area contributed by atoms with Gasteiger partial charge in [-0.1, -0.05) is 19.1 Å². The number of anilines is 1. The highest BCUT2D eigenvalue weighted by atomic mass is 32.2. The molecule has 0 spiro atoms. The smallest absolute Gasteiger partial charge is 0.307 e. The van der Waals surface area contributed by atoms with Gasteiger partial charge in [-0.05, 0) is 73.7 Å². The van der Waals surface area contributed by atoms with Gasteiger partial charge in [-0.3, -0.25) is 4.90 Å². The van der Waals surface area contributed by atoms with E-state index in [2.05, 4.69) is 27.9 Å². The van der Waals surface area contributed by atoms with Crippen LogP contribution in [0.5, 0.6) is 0 Å². The van der Waals surface area contributed by atoms with Crippen molar-refractivity contribution in [3.63, 3.8) is 0 Å². The third kappa shape index (κ3) is 3.75. The molecule has 1 saturated heterocycles. The lowest BCUT2D eigenvalue weighted by atomic mass is 9.99. The predicted molar refractivity (Wildman–Crippen MR) is 106 cm³/mol. The number of carbonyl (C=O) groups excluding carboxylic acids is 1. The molecular formula is C20H27N3O3S. The second-order valence-electron chi connectivity index (χ2n) is 7.65. The highest BCUT2D eigenvalue weighted by Gasteiger charge is 2.26. The lowest BCUT2D eigenvalue weighted by Crippen LogP contribution is -2.46. The molecule has 2 N–H and O–H groups in total. The molecule has 1 aromatic carbocycles. The average molecular weight is 390 g/mol. The molecule has 0 saturated carbocycles. The molecule has 0 bridgehead atoms. The zero-order valence-electron chi connectivity index (χ0n) is 15.8. The fourth-order valence-corrected chi connectivity index (χ4v) is 5.30. The maximum atomic E-state index is 12.4. The maximum absolute atomic E-state index is 12.4. The van der Waals surface area contributed by atoms with Crippen LogP contribution >= 0.6 is 0 Å². The summed E-state index contributed by atoms with van der Waals surface area (Å²) in [7, 11) is -3.80. The number of hydrogen-bond donors (Lipinski definition) is 2. The van der Waals surface area contributed by atoms with E-state index in [9.17, 15) is 13.2 Å². The predicted octanol–water partition coefficient (Wildman–Crippen LogP) is 2.72. The van der Waals surface area contributed by atoms with Gasteiger partial charge in [0.15, 0.2) is 0 Å². The van der Waals surface area contributed by atoms with Crippen molar-refractivity contribution in [1.82, 2.24) is 9.62 Å². The summed E-state index contributed by atoms with van der Waals surface area (Å²) < 4.78 is 26.7. The van der Waals surface area contributed by atoms with Gasteiger partial charge < -0.3 is 5.32 Å². The third-order valence-electron chi connectivity index (χ3n) is 6.01. The number of benzene rings is 1. The summed E-state index contributed by atoms with van der Waals surface area (Å²) in [6.45, 7) is 3.94. The standard InChI is InChI=1S/C20H27N3O3S/c1-2-23-11-9-16(23)10-12-27(25,26)22-20(24)21-19-17-7-3-5-14(17)13-15-6-4-8-18(15)19/h10,12-13,16H,2-9,11H2,1H3,(H2,21,22,24)/b12-10+. The fraction of sp³-hybridized carbons (Fsp3) is 0.550. The average Bonchev–Trinajstić information content (AvgIpc) is 3.22. The van der Waals surface area contributed by atoms with Crippen molar-refractivity contribution in [3.8, 4) is 0 Å². The summed E-state index contributed by atoms with van der Waals surface area (Å²) in [5.74, 6) is 0. The van der Waals surface area contributed by atoms with Crippen molar-refractivity contribution in [2.24, 2.45) is 0 Å². The van der Waals surface area contributed by atoms with Crippen molar-refractivity contribution >= 4 is 21.7 Å². The van der Waals surface area contributed by atoms with Crippen LogP contribution < -0.4 is 10.0 Å². The first-order valence-corrected chi connectivity index (χ1v) is 11.4. The number of nitrogens with zero attached hydrogens (tertiary/aromatic N) is 1. The summed E-state index contributed by atoms with van der Waals surface area (Å²) in [5.41, 5.74) is 5.83. The Hall–Kier alpha value is -1.86. The largest absolute Gasteiger partial charge is 0.333 e. The van der Waals surface area contributed by atoms with Gasteiger partial charge in [0.1, 0.15) is 0 Å². The molecule has 1 heterocycles. The Labute approximate surface area is 161 Å². The molecule has 3 aliphatic rings. The molecule has 27 heavy (non-hydrogen) atoms. The number of carbonyl (C=O) groups is 1. The van der Waals surface area contributed by atoms with Crippen LogP contribution in [0.15, 0.2) is 17.6 Å². The molecular weight excluding hydrogens is 362 g/mol. The number of likely N-dealkylation sites (N-methyl/N-ethyl adjacent to an activating group) is 1. The van der Waals surface area contributed by atoms with Crippen LogP contribution in [0, 0.1) is 0 Å². The van der Waals surface area contributed by atoms with Crippen LogP contribution in [0.3, 0.4) is 0 Å². The molecule has 1 aromatic rings. The zero-order chi connectivity index (χ0) is 19.0. The van der Waals surface area contributed by atoms with E-state index in [1.165, 1.54) is 22.3 Å². The molecule has 2 amide bonds. The Kier molecular flexibility index (Phi) is 4.99. The van der Waals surface area contributed by atoms with Crippen LogP contribution in [0.25, 0.3) is 0 Å². The molecule has 1 atom stereocenters. The minimum Gasteiger partial charge on any atom is -0.307 e. The quantitative estimate of drug-likeness (QED) is 0.812. The first-order chi connectivity index (χ1) is 13.0. The molecule has 1 aliphatic heterocycles. The third-order valence-corrected chi connectivity index (χ3v) is 7.00.